The molecule has 27 heavy (non-hydrogen) atoms. The van der Waals surface area contributed by atoms with Gasteiger partial charge < -0.3 is 9.47 Å². The summed E-state index contributed by atoms with van der Waals surface area (Å²) in [4.78, 5) is 14.4. The van der Waals surface area contributed by atoms with Gasteiger partial charge in [0, 0.05) is 5.69 Å². The summed E-state index contributed by atoms with van der Waals surface area (Å²) in [6.45, 7) is 2.01. The fraction of sp³-hybridized carbons (Fsp3) is 0.0870. The van der Waals surface area contributed by atoms with E-state index in [0.717, 1.165) is 11.3 Å². The molecule has 3 aromatic carbocycles. The molecule has 4 nitrogen and oxygen atoms in total. The monoisotopic (exact) mass is 357 g/mol. The van der Waals surface area contributed by atoms with Crippen molar-refractivity contribution in [1.82, 2.24) is 0 Å². The standard InChI is InChI=1S/C23H19NO3/c1-17-12-14-18(15-13-17)24-21(16-26-19-8-4-2-5-9-19)22(23(24)25)27-20-10-6-3-7-11-20/h2-16,22H,1H3/b21-16-/t22-/m1/s1. The fourth-order valence-corrected chi connectivity index (χ4v) is 2.88. The van der Waals surface area contributed by atoms with Gasteiger partial charge in [-0.05, 0) is 43.3 Å². The van der Waals surface area contributed by atoms with Gasteiger partial charge in [-0.1, -0.05) is 54.1 Å². The molecule has 3 aromatic rings. The molecule has 134 valence electrons. The normalized spacial score (nSPS) is 17.5. The average Bonchev–Trinajstić information content (AvgIpc) is 2.72. The van der Waals surface area contributed by atoms with Crippen molar-refractivity contribution < 1.29 is 14.3 Å². The first-order valence-electron chi connectivity index (χ1n) is 8.76. The molecule has 1 aliphatic heterocycles. The summed E-state index contributed by atoms with van der Waals surface area (Å²) in [5.41, 5.74) is 2.59. The Bertz CT molecular complexity index is 950. The molecule has 0 aromatic heterocycles. The molecule has 1 heterocycles. The number of carbonyl (C=O) groups excluding carboxylic acids is 1. The number of para-hydroxylation sites is 2. The summed E-state index contributed by atoms with van der Waals surface area (Å²) in [7, 11) is 0. The molecule has 4 heteroatoms. The molecule has 0 bridgehead atoms. The Morgan fingerprint density at radius 1 is 0.815 bits per heavy atom. The highest BCUT2D eigenvalue weighted by Crippen LogP contribution is 2.34. The van der Waals surface area contributed by atoms with Crippen LogP contribution in [0.3, 0.4) is 0 Å². The van der Waals surface area contributed by atoms with Gasteiger partial charge in [0.2, 0.25) is 6.10 Å². The number of hydrogen-bond acceptors (Lipinski definition) is 3. The van der Waals surface area contributed by atoms with Crippen molar-refractivity contribution in [1.29, 1.82) is 0 Å². The van der Waals surface area contributed by atoms with E-state index in [1.165, 1.54) is 0 Å². The lowest BCUT2D eigenvalue weighted by Gasteiger charge is -2.40. The summed E-state index contributed by atoms with van der Waals surface area (Å²) in [5, 5.41) is 0. The number of rotatable bonds is 5. The zero-order valence-corrected chi connectivity index (χ0v) is 14.9. The molecule has 4 rings (SSSR count). The summed E-state index contributed by atoms with van der Waals surface area (Å²) in [5.74, 6) is 1.22. The Morgan fingerprint density at radius 3 is 2.04 bits per heavy atom. The number of nitrogens with zero attached hydrogens (tertiary/aromatic N) is 1. The van der Waals surface area contributed by atoms with Crippen LogP contribution in [0.1, 0.15) is 5.56 Å². The largest absolute Gasteiger partial charge is 0.474 e. The average molecular weight is 357 g/mol. The second kappa shape index (κ2) is 7.38. The van der Waals surface area contributed by atoms with Gasteiger partial charge in [-0.15, -0.1) is 0 Å². The van der Waals surface area contributed by atoms with Crippen molar-refractivity contribution >= 4 is 11.6 Å². The van der Waals surface area contributed by atoms with Crippen molar-refractivity contribution in [3.8, 4) is 11.5 Å². The lowest BCUT2D eigenvalue weighted by atomic mass is 10.0. The van der Waals surface area contributed by atoms with Crippen molar-refractivity contribution in [2.24, 2.45) is 0 Å². The highest BCUT2D eigenvalue weighted by molar-refractivity contribution is 6.10. The Morgan fingerprint density at radius 2 is 1.41 bits per heavy atom. The predicted octanol–water partition coefficient (Wildman–Crippen LogP) is 4.71. The smallest absolute Gasteiger partial charge is 0.279 e. The number of carbonyl (C=O) groups is 1. The first-order valence-corrected chi connectivity index (χ1v) is 8.76. The molecule has 0 saturated carbocycles. The van der Waals surface area contributed by atoms with Crippen LogP contribution >= 0.6 is 0 Å². The third kappa shape index (κ3) is 3.55. The zero-order chi connectivity index (χ0) is 18.6. The molecule has 1 aliphatic rings. The van der Waals surface area contributed by atoms with E-state index in [-0.39, 0.29) is 5.91 Å². The lowest BCUT2D eigenvalue weighted by Crippen LogP contribution is -2.57. The molecule has 0 radical (unpaired) electrons. The Kier molecular flexibility index (Phi) is 4.62. The number of β-lactam (4-membered cyclic amide) rings is 1. The zero-order valence-electron chi connectivity index (χ0n) is 14.9. The molecule has 1 amide bonds. The molecule has 0 spiro atoms. The maximum Gasteiger partial charge on any atom is 0.279 e. The van der Waals surface area contributed by atoms with Crippen molar-refractivity contribution in [3.63, 3.8) is 0 Å². The number of benzene rings is 3. The maximum absolute atomic E-state index is 12.8. The highest BCUT2D eigenvalue weighted by Gasteiger charge is 2.46. The van der Waals surface area contributed by atoms with E-state index in [0.29, 0.717) is 17.2 Å². The molecule has 1 fully saturated rings. The van der Waals surface area contributed by atoms with E-state index in [9.17, 15) is 4.79 Å². The Balaban J connectivity index is 1.62. The van der Waals surface area contributed by atoms with E-state index in [2.05, 4.69) is 0 Å². The third-order valence-corrected chi connectivity index (χ3v) is 4.32. The molecular formula is C23H19NO3. The number of aryl methyl sites for hydroxylation is 1. The molecule has 0 unspecified atom stereocenters. The molecule has 1 saturated heterocycles. The van der Waals surface area contributed by atoms with Crippen LogP contribution in [-0.4, -0.2) is 12.0 Å². The first-order chi connectivity index (χ1) is 13.2. The highest BCUT2D eigenvalue weighted by atomic mass is 16.5. The molecule has 0 N–H and O–H groups in total. The Labute approximate surface area is 158 Å². The fourth-order valence-electron chi connectivity index (χ4n) is 2.88. The molecular weight excluding hydrogens is 338 g/mol. The quantitative estimate of drug-likeness (QED) is 0.490. The summed E-state index contributed by atoms with van der Waals surface area (Å²) >= 11 is 0. The summed E-state index contributed by atoms with van der Waals surface area (Å²) in [6, 6.07) is 26.6. The van der Waals surface area contributed by atoms with Crippen LogP contribution in [0.4, 0.5) is 5.69 Å². The van der Waals surface area contributed by atoms with E-state index in [1.54, 1.807) is 11.2 Å². The van der Waals surface area contributed by atoms with Gasteiger partial charge in [0.1, 0.15) is 23.5 Å². The predicted molar refractivity (Wildman–Crippen MR) is 105 cm³/mol. The summed E-state index contributed by atoms with van der Waals surface area (Å²) in [6.07, 6.45) is 0.891. The van der Waals surface area contributed by atoms with E-state index >= 15 is 0 Å². The second-order valence-corrected chi connectivity index (χ2v) is 6.29. The first kappa shape index (κ1) is 16.9. The van der Waals surface area contributed by atoms with Crippen LogP contribution in [0.25, 0.3) is 0 Å². The maximum atomic E-state index is 12.8. The van der Waals surface area contributed by atoms with Gasteiger partial charge in [-0.25, -0.2) is 0 Å². The van der Waals surface area contributed by atoms with Crippen molar-refractivity contribution in [3.05, 3.63) is 102 Å². The second-order valence-electron chi connectivity index (χ2n) is 6.29. The van der Waals surface area contributed by atoms with Crippen molar-refractivity contribution in [2.75, 3.05) is 4.90 Å². The summed E-state index contributed by atoms with van der Waals surface area (Å²) < 4.78 is 11.7. The van der Waals surface area contributed by atoms with E-state index < -0.39 is 6.10 Å². The van der Waals surface area contributed by atoms with E-state index in [1.807, 2.05) is 91.9 Å². The van der Waals surface area contributed by atoms with Gasteiger partial charge in [0.15, 0.2) is 0 Å². The Hall–Kier alpha value is -3.53. The number of hydrogen-bond donors (Lipinski definition) is 0. The minimum absolute atomic E-state index is 0.120. The number of anilines is 1. The minimum atomic E-state index is -0.697. The van der Waals surface area contributed by atoms with E-state index in [4.69, 9.17) is 9.47 Å². The van der Waals surface area contributed by atoms with Gasteiger partial charge in [0.05, 0.1) is 0 Å². The van der Waals surface area contributed by atoms with Crippen LogP contribution in [0.2, 0.25) is 0 Å². The van der Waals surface area contributed by atoms with Crippen molar-refractivity contribution in [2.45, 2.75) is 13.0 Å². The van der Waals surface area contributed by atoms with Crippen LogP contribution < -0.4 is 14.4 Å². The molecule has 0 aliphatic carbocycles. The number of ether oxygens (including phenoxy) is 2. The van der Waals surface area contributed by atoms with Gasteiger partial charge in [-0.3, -0.25) is 9.69 Å². The van der Waals surface area contributed by atoms with Gasteiger partial charge >= 0.3 is 0 Å². The van der Waals surface area contributed by atoms with Crippen LogP contribution in [0.5, 0.6) is 11.5 Å². The topological polar surface area (TPSA) is 38.8 Å². The number of amides is 1. The SMILES string of the molecule is Cc1ccc(N2C(=O)[C@H](Oc3ccccc3)/C2=C/Oc2ccccc2)cc1. The van der Waals surface area contributed by atoms with Gasteiger partial charge in [0.25, 0.3) is 5.91 Å². The van der Waals surface area contributed by atoms with Crippen LogP contribution in [0.15, 0.2) is 96.9 Å². The lowest BCUT2D eigenvalue weighted by molar-refractivity contribution is -0.128. The van der Waals surface area contributed by atoms with Gasteiger partial charge in [-0.2, -0.15) is 0 Å². The van der Waals surface area contributed by atoms with Crippen LogP contribution in [0, 0.1) is 6.92 Å². The van der Waals surface area contributed by atoms with Crippen LogP contribution in [-0.2, 0) is 4.79 Å². The molecule has 1 atom stereocenters. The third-order valence-electron chi connectivity index (χ3n) is 4.32. The minimum Gasteiger partial charge on any atom is -0.474 e.